The number of imide groups is 1. The quantitative estimate of drug-likeness (QED) is 0.849. The van der Waals surface area contributed by atoms with Gasteiger partial charge >= 0.3 is 6.03 Å². The molecule has 2 rings (SSSR count). The highest BCUT2D eigenvalue weighted by Gasteiger charge is 2.38. The standard InChI is InChI=1S/C13H13N3O2S/c1-19-6-5-11-12(17)16(13(18)15-11)10-4-2-3-9(7-10)8-14/h2-4,7,11H,5-6H2,1H3,(H,15,18). The van der Waals surface area contributed by atoms with Crippen LogP contribution in [-0.2, 0) is 4.79 Å². The molecule has 5 nitrogen and oxygen atoms in total. The van der Waals surface area contributed by atoms with E-state index < -0.39 is 12.1 Å². The number of nitrogens with zero attached hydrogens (tertiary/aromatic N) is 2. The minimum absolute atomic E-state index is 0.255. The number of carbonyl (C=O) groups is 2. The Bertz CT molecular complexity index is 553. The number of rotatable bonds is 4. The Hall–Kier alpha value is -2.00. The highest BCUT2D eigenvalue weighted by atomic mass is 32.2. The van der Waals surface area contributed by atoms with Crippen LogP contribution in [0.25, 0.3) is 0 Å². The van der Waals surface area contributed by atoms with Gasteiger partial charge in [-0.05, 0) is 36.6 Å². The molecule has 1 atom stereocenters. The number of amides is 3. The Morgan fingerprint density at radius 3 is 2.95 bits per heavy atom. The van der Waals surface area contributed by atoms with Gasteiger partial charge in [0.2, 0.25) is 0 Å². The topological polar surface area (TPSA) is 73.2 Å². The molecule has 1 unspecified atom stereocenters. The van der Waals surface area contributed by atoms with Crippen LogP contribution in [0.15, 0.2) is 24.3 Å². The van der Waals surface area contributed by atoms with Gasteiger partial charge in [-0.3, -0.25) is 4.79 Å². The molecule has 1 aliphatic rings. The fraction of sp³-hybridized carbons (Fsp3) is 0.308. The van der Waals surface area contributed by atoms with Crippen molar-refractivity contribution < 1.29 is 9.59 Å². The minimum Gasteiger partial charge on any atom is -0.325 e. The van der Waals surface area contributed by atoms with E-state index in [1.54, 1.807) is 30.0 Å². The van der Waals surface area contributed by atoms with Crippen molar-refractivity contribution in [3.8, 4) is 6.07 Å². The fourth-order valence-electron chi connectivity index (χ4n) is 1.92. The van der Waals surface area contributed by atoms with Gasteiger partial charge in [-0.2, -0.15) is 17.0 Å². The molecule has 1 N–H and O–H groups in total. The van der Waals surface area contributed by atoms with Crippen LogP contribution >= 0.6 is 11.8 Å². The van der Waals surface area contributed by atoms with Crippen LogP contribution in [0.1, 0.15) is 12.0 Å². The second-order valence-electron chi connectivity index (χ2n) is 4.12. The second kappa shape index (κ2) is 5.76. The van der Waals surface area contributed by atoms with Crippen molar-refractivity contribution in [1.29, 1.82) is 5.26 Å². The third-order valence-electron chi connectivity index (χ3n) is 2.86. The van der Waals surface area contributed by atoms with Crippen LogP contribution in [0, 0.1) is 11.3 Å². The average molecular weight is 275 g/mol. The molecule has 0 bridgehead atoms. The Labute approximate surface area is 115 Å². The van der Waals surface area contributed by atoms with Gasteiger partial charge in [-0.15, -0.1) is 0 Å². The molecule has 98 valence electrons. The summed E-state index contributed by atoms with van der Waals surface area (Å²) < 4.78 is 0. The van der Waals surface area contributed by atoms with Crippen LogP contribution in [0.5, 0.6) is 0 Å². The molecule has 1 fully saturated rings. The molecule has 0 aliphatic carbocycles. The number of hydrogen-bond acceptors (Lipinski definition) is 4. The molecular weight excluding hydrogens is 262 g/mol. The summed E-state index contributed by atoms with van der Waals surface area (Å²) in [6.07, 6.45) is 2.57. The molecule has 1 heterocycles. The van der Waals surface area contributed by atoms with E-state index in [2.05, 4.69) is 5.32 Å². The Kier molecular flexibility index (Phi) is 4.07. The van der Waals surface area contributed by atoms with Gasteiger partial charge in [0.25, 0.3) is 5.91 Å². The van der Waals surface area contributed by atoms with Crippen molar-refractivity contribution >= 4 is 29.4 Å². The molecule has 0 aromatic heterocycles. The van der Waals surface area contributed by atoms with Crippen molar-refractivity contribution in [1.82, 2.24) is 5.32 Å². The highest BCUT2D eigenvalue weighted by Crippen LogP contribution is 2.22. The van der Waals surface area contributed by atoms with E-state index in [1.807, 2.05) is 12.3 Å². The molecule has 1 saturated heterocycles. The normalized spacial score (nSPS) is 18.3. The lowest BCUT2D eigenvalue weighted by Gasteiger charge is -2.13. The van der Waals surface area contributed by atoms with Crippen LogP contribution < -0.4 is 10.2 Å². The molecule has 19 heavy (non-hydrogen) atoms. The van der Waals surface area contributed by atoms with Gasteiger partial charge < -0.3 is 5.32 Å². The van der Waals surface area contributed by atoms with Gasteiger partial charge in [0.15, 0.2) is 0 Å². The van der Waals surface area contributed by atoms with Crippen LogP contribution in [0.3, 0.4) is 0 Å². The van der Waals surface area contributed by atoms with E-state index in [0.29, 0.717) is 17.7 Å². The maximum atomic E-state index is 12.2. The van der Waals surface area contributed by atoms with Crippen molar-refractivity contribution in [2.45, 2.75) is 12.5 Å². The van der Waals surface area contributed by atoms with Crippen molar-refractivity contribution in [2.24, 2.45) is 0 Å². The number of hydrogen-bond donors (Lipinski definition) is 1. The number of anilines is 1. The van der Waals surface area contributed by atoms with E-state index in [0.717, 1.165) is 10.7 Å². The van der Waals surface area contributed by atoms with E-state index in [9.17, 15) is 9.59 Å². The van der Waals surface area contributed by atoms with Gasteiger partial charge in [-0.25, -0.2) is 9.69 Å². The third-order valence-corrected chi connectivity index (χ3v) is 3.51. The lowest BCUT2D eigenvalue weighted by Crippen LogP contribution is -2.31. The van der Waals surface area contributed by atoms with Gasteiger partial charge in [0, 0.05) is 0 Å². The van der Waals surface area contributed by atoms with Crippen LogP contribution in [0.4, 0.5) is 10.5 Å². The summed E-state index contributed by atoms with van der Waals surface area (Å²) in [5.74, 6) is 0.553. The Morgan fingerprint density at radius 2 is 2.26 bits per heavy atom. The van der Waals surface area contributed by atoms with Crippen molar-refractivity contribution in [2.75, 3.05) is 16.9 Å². The summed E-state index contributed by atoms with van der Waals surface area (Å²) in [7, 11) is 0. The first-order chi connectivity index (χ1) is 9.17. The first kappa shape index (κ1) is 13.4. The van der Waals surface area contributed by atoms with E-state index in [1.165, 1.54) is 6.07 Å². The maximum absolute atomic E-state index is 12.2. The fourth-order valence-corrected chi connectivity index (χ4v) is 2.39. The zero-order chi connectivity index (χ0) is 13.8. The summed E-state index contributed by atoms with van der Waals surface area (Å²) in [4.78, 5) is 25.1. The number of nitrogens with one attached hydrogen (secondary N) is 1. The molecule has 0 radical (unpaired) electrons. The summed E-state index contributed by atoms with van der Waals surface area (Å²) in [6.45, 7) is 0. The average Bonchev–Trinajstić information content (AvgIpc) is 2.71. The number of thioether (sulfide) groups is 1. The third kappa shape index (κ3) is 2.71. The highest BCUT2D eigenvalue weighted by molar-refractivity contribution is 7.98. The molecule has 3 amide bonds. The molecule has 0 spiro atoms. The number of nitriles is 1. The molecule has 0 saturated carbocycles. The largest absolute Gasteiger partial charge is 0.329 e. The van der Waals surface area contributed by atoms with E-state index in [-0.39, 0.29) is 5.91 Å². The Balaban J connectivity index is 2.22. The summed E-state index contributed by atoms with van der Waals surface area (Å²) in [6, 6.07) is 7.57. The van der Waals surface area contributed by atoms with Crippen LogP contribution in [0.2, 0.25) is 0 Å². The second-order valence-corrected chi connectivity index (χ2v) is 5.10. The summed E-state index contributed by atoms with van der Waals surface area (Å²) >= 11 is 1.63. The maximum Gasteiger partial charge on any atom is 0.329 e. The lowest BCUT2D eigenvalue weighted by molar-refractivity contribution is -0.118. The zero-order valence-electron chi connectivity index (χ0n) is 10.4. The van der Waals surface area contributed by atoms with Gasteiger partial charge in [-0.1, -0.05) is 6.07 Å². The minimum atomic E-state index is -0.467. The summed E-state index contributed by atoms with van der Waals surface area (Å²) in [5, 5.41) is 11.5. The van der Waals surface area contributed by atoms with E-state index >= 15 is 0 Å². The lowest BCUT2D eigenvalue weighted by atomic mass is 10.2. The SMILES string of the molecule is CSCCC1NC(=O)N(c2cccc(C#N)c2)C1=O. The number of benzene rings is 1. The first-order valence-corrected chi connectivity index (χ1v) is 7.20. The van der Waals surface area contributed by atoms with Gasteiger partial charge in [0.05, 0.1) is 17.3 Å². The smallest absolute Gasteiger partial charge is 0.325 e. The molecule has 1 aromatic rings. The van der Waals surface area contributed by atoms with Gasteiger partial charge in [0.1, 0.15) is 6.04 Å². The van der Waals surface area contributed by atoms with Crippen LogP contribution in [-0.4, -0.2) is 30.0 Å². The molecule has 1 aliphatic heterocycles. The Morgan fingerprint density at radius 1 is 1.47 bits per heavy atom. The predicted octanol–water partition coefficient (Wildman–Crippen LogP) is 1.74. The number of urea groups is 1. The molecule has 6 heteroatoms. The van der Waals surface area contributed by atoms with E-state index in [4.69, 9.17) is 5.26 Å². The van der Waals surface area contributed by atoms with Crippen molar-refractivity contribution in [3.63, 3.8) is 0 Å². The molecule has 1 aromatic carbocycles. The first-order valence-electron chi connectivity index (χ1n) is 5.81. The predicted molar refractivity (Wildman–Crippen MR) is 74.0 cm³/mol. The monoisotopic (exact) mass is 275 g/mol. The molecular formula is C13H13N3O2S. The number of carbonyl (C=O) groups excluding carboxylic acids is 2. The summed E-state index contributed by atoms with van der Waals surface area (Å²) in [5.41, 5.74) is 0.860. The zero-order valence-corrected chi connectivity index (χ0v) is 11.2. The van der Waals surface area contributed by atoms with Crippen molar-refractivity contribution in [3.05, 3.63) is 29.8 Å².